The molecular weight excluding hydrogens is 257 g/mol. The first kappa shape index (κ1) is 14.3. The van der Waals surface area contributed by atoms with Crippen molar-refractivity contribution in [1.82, 2.24) is 0 Å². The topological polar surface area (TPSA) is 41.5 Å². The summed E-state index contributed by atoms with van der Waals surface area (Å²) in [6, 6.07) is 11.5. The van der Waals surface area contributed by atoms with E-state index in [1.54, 1.807) is 7.11 Å². The summed E-state index contributed by atoms with van der Waals surface area (Å²) in [5.74, 6) is -0.285. The van der Waals surface area contributed by atoms with Crippen molar-refractivity contribution in [2.75, 3.05) is 12.4 Å². The molecule has 1 unspecified atom stereocenters. The summed E-state index contributed by atoms with van der Waals surface area (Å²) < 4.78 is 18.4. The Labute approximate surface area is 118 Å². The highest BCUT2D eigenvalue weighted by molar-refractivity contribution is 5.53. The average Bonchev–Trinajstić information content (AvgIpc) is 2.44. The highest BCUT2D eigenvalue weighted by Gasteiger charge is 2.12. The Hall–Kier alpha value is -2.07. The Balaban J connectivity index is 2.23. The van der Waals surface area contributed by atoms with E-state index in [1.165, 1.54) is 18.2 Å². The van der Waals surface area contributed by atoms with Crippen LogP contribution in [0.3, 0.4) is 0 Å². The van der Waals surface area contributed by atoms with E-state index in [0.29, 0.717) is 12.2 Å². The average molecular weight is 275 g/mol. The van der Waals surface area contributed by atoms with E-state index in [9.17, 15) is 9.50 Å². The van der Waals surface area contributed by atoms with Crippen molar-refractivity contribution in [3.05, 3.63) is 59.4 Å². The fourth-order valence-corrected chi connectivity index (χ4v) is 2.13. The van der Waals surface area contributed by atoms with Gasteiger partial charge in [-0.25, -0.2) is 4.39 Å². The summed E-state index contributed by atoms with van der Waals surface area (Å²) in [5.41, 5.74) is 2.44. The van der Waals surface area contributed by atoms with Gasteiger partial charge in [0.15, 0.2) is 0 Å². The van der Waals surface area contributed by atoms with E-state index in [-0.39, 0.29) is 17.6 Å². The second-order valence-corrected chi connectivity index (χ2v) is 4.66. The van der Waals surface area contributed by atoms with Crippen LogP contribution in [0.5, 0.6) is 5.75 Å². The number of hydrogen-bond donors (Lipinski definition) is 2. The molecule has 2 rings (SSSR count). The molecule has 0 aromatic heterocycles. The molecule has 0 saturated carbocycles. The summed E-state index contributed by atoms with van der Waals surface area (Å²) in [5, 5.41) is 13.1. The van der Waals surface area contributed by atoms with Gasteiger partial charge in [0.05, 0.1) is 12.6 Å². The fourth-order valence-electron chi connectivity index (χ4n) is 2.13. The normalized spacial score (nSPS) is 12.2. The number of rotatable bonds is 5. The molecule has 1 atom stereocenters. The van der Waals surface area contributed by atoms with Gasteiger partial charge in [0.1, 0.15) is 11.6 Å². The Kier molecular flexibility index (Phi) is 4.58. The number of halogens is 1. The minimum absolute atomic E-state index is 0.0793. The maximum Gasteiger partial charge on any atom is 0.123 e. The van der Waals surface area contributed by atoms with E-state index in [4.69, 9.17) is 4.74 Å². The first-order valence-electron chi connectivity index (χ1n) is 6.43. The van der Waals surface area contributed by atoms with Crippen LogP contribution < -0.4 is 5.32 Å². The molecule has 0 fully saturated rings. The number of nitrogens with one attached hydrogen (secondary N) is 1. The van der Waals surface area contributed by atoms with E-state index in [2.05, 4.69) is 5.32 Å². The number of para-hydroxylation sites is 1. The Bertz CT molecular complexity index is 586. The van der Waals surface area contributed by atoms with Crippen molar-refractivity contribution >= 4 is 5.69 Å². The standard InChI is InChI=1S/C16H18FNO2/c1-11(14-9-13(17)7-8-16(14)19)18-15-6-4-3-5-12(15)10-20-2/h3-9,11,18-19H,10H2,1-2H3. The molecule has 0 spiro atoms. The lowest BCUT2D eigenvalue weighted by Crippen LogP contribution is -2.09. The molecule has 0 aliphatic rings. The first-order chi connectivity index (χ1) is 9.61. The van der Waals surface area contributed by atoms with Crippen LogP contribution in [0.2, 0.25) is 0 Å². The quantitative estimate of drug-likeness (QED) is 0.870. The van der Waals surface area contributed by atoms with Crippen molar-refractivity contribution in [2.45, 2.75) is 19.6 Å². The molecule has 4 heteroatoms. The van der Waals surface area contributed by atoms with Crippen molar-refractivity contribution in [3.8, 4) is 5.75 Å². The van der Waals surface area contributed by atoms with Crippen LogP contribution in [0.25, 0.3) is 0 Å². The van der Waals surface area contributed by atoms with Crippen LogP contribution in [0, 0.1) is 5.82 Å². The lowest BCUT2D eigenvalue weighted by Gasteiger charge is -2.19. The third-order valence-electron chi connectivity index (χ3n) is 3.15. The molecule has 0 heterocycles. The van der Waals surface area contributed by atoms with Crippen LogP contribution in [-0.4, -0.2) is 12.2 Å². The molecule has 2 aromatic rings. The smallest absolute Gasteiger partial charge is 0.123 e. The van der Waals surface area contributed by atoms with Gasteiger partial charge in [-0.3, -0.25) is 0 Å². The summed E-state index contributed by atoms with van der Waals surface area (Å²) in [7, 11) is 1.64. The van der Waals surface area contributed by atoms with Crippen LogP contribution in [0.4, 0.5) is 10.1 Å². The number of phenols is 1. The predicted molar refractivity (Wildman–Crippen MR) is 77.3 cm³/mol. The summed E-state index contributed by atoms with van der Waals surface area (Å²) in [6.45, 7) is 2.36. The number of anilines is 1. The summed E-state index contributed by atoms with van der Waals surface area (Å²) >= 11 is 0. The number of methoxy groups -OCH3 is 1. The van der Waals surface area contributed by atoms with Gasteiger partial charge >= 0.3 is 0 Å². The van der Waals surface area contributed by atoms with Gasteiger partial charge in [-0.1, -0.05) is 18.2 Å². The zero-order valence-corrected chi connectivity index (χ0v) is 11.6. The highest BCUT2D eigenvalue weighted by Crippen LogP contribution is 2.29. The van der Waals surface area contributed by atoms with Crippen molar-refractivity contribution in [3.63, 3.8) is 0 Å². The third kappa shape index (κ3) is 3.27. The molecular formula is C16H18FNO2. The summed E-state index contributed by atoms with van der Waals surface area (Å²) in [6.07, 6.45) is 0. The Morgan fingerprint density at radius 1 is 1.25 bits per heavy atom. The lowest BCUT2D eigenvalue weighted by atomic mass is 10.1. The molecule has 106 valence electrons. The van der Waals surface area contributed by atoms with Crippen LogP contribution >= 0.6 is 0 Å². The molecule has 0 radical (unpaired) electrons. The van der Waals surface area contributed by atoms with Crippen LogP contribution in [-0.2, 0) is 11.3 Å². The minimum Gasteiger partial charge on any atom is -0.508 e. The number of hydrogen-bond acceptors (Lipinski definition) is 3. The molecule has 0 bridgehead atoms. The molecule has 0 saturated heterocycles. The maximum atomic E-state index is 13.3. The van der Waals surface area contributed by atoms with Gasteiger partial charge < -0.3 is 15.2 Å². The van der Waals surface area contributed by atoms with E-state index >= 15 is 0 Å². The van der Waals surface area contributed by atoms with E-state index < -0.39 is 0 Å². The first-order valence-corrected chi connectivity index (χ1v) is 6.43. The second-order valence-electron chi connectivity index (χ2n) is 4.66. The minimum atomic E-state index is -0.364. The number of benzene rings is 2. The maximum absolute atomic E-state index is 13.3. The second kappa shape index (κ2) is 6.39. The monoisotopic (exact) mass is 275 g/mol. The molecule has 2 aromatic carbocycles. The van der Waals surface area contributed by atoms with Gasteiger partial charge in [0.25, 0.3) is 0 Å². The Morgan fingerprint density at radius 3 is 2.75 bits per heavy atom. The highest BCUT2D eigenvalue weighted by atomic mass is 19.1. The third-order valence-corrected chi connectivity index (χ3v) is 3.15. The fraction of sp³-hybridized carbons (Fsp3) is 0.250. The largest absolute Gasteiger partial charge is 0.508 e. The van der Waals surface area contributed by atoms with Gasteiger partial charge in [-0.15, -0.1) is 0 Å². The van der Waals surface area contributed by atoms with Crippen LogP contribution in [0.15, 0.2) is 42.5 Å². The van der Waals surface area contributed by atoms with Gasteiger partial charge in [0, 0.05) is 23.9 Å². The van der Waals surface area contributed by atoms with Gasteiger partial charge in [0.2, 0.25) is 0 Å². The van der Waals surface area contributed by atoms with Crippen LogP contribution in [0.1, 0.15) is 24.1 Å². The molecule has 0 aliphatic heterocycles. The predicted octanol–water partition coefficient (Wildman–Crippen LogP) is 3.85. The zero-order valence-electron chi connectivity index (χ0n) is 11.6. The number of ether oxygens (including phenoxy) is 1. The molecule has 0 aliphatic carbocycles. The molecule has 20 heavy (non-hydrogen) atoms. The van der Waals surface area contributed by atoms with Gasteiger partial charge in [-0.05, 0) is 31.2 Å². The Morgan fingerprint density at radius 2 is 2.00 bits per heavy atom. The van der Waals surface area contributed by atoms with E-state index in [1.807, 2.05) is 31.2 Å². The van der Waals surface area contributed by atoms with Crippen molar-refractivity contribution < 1.29 is 14.2 Å². The zero-order chi connectivity index (χ0) is 14.5. The lowest BCUT2D eigenvalue weighted by molar-refractivity contribution is 0.185. The molecule has 2 N–H and O–H groups in total. The molecule has 3 nitrogen and oxygen atoms in total. The van der Waals surface area contributed by atoms with Crippen molar-refractivity contribution in [1.29, 1.82) is 0 Å². The number of aromatic hydroxyl groups is 1. The number of phenolic OH excluding ortho intramolecular Hbond substituents is 1. The SMILES string of the molecule is COCc1ccccc1NC(C)c1cc(F)ccc1O. The van der Waals surface area contributed by atoms with Crippen molar-refractivity contribution in [2.24, 2.45) is 0 Å². The summed E-state index contributed by atoms with van der Waals surface area (Å²) in [4.78, 5) is 0. The van der Waals surface area contributed by atoms with Gasteiger partial charge in [-0.2, -0.15) is 0 Å². The molecule has 0 amide bonds. The van der Waals surface area contributed by atoms with E-state index in [0.717, 1.165) is 11.3 Å².